The lowest BCUT2D eigenvalue weighted by atomic mass is 9.77. The highest BCUT2D eigenvalue weighted by Gasteiger charge is 2.25. The third-order valence-electron chi connectivity index (χ3n) is 7.43. The van der Waals surface area contributed by atoms with Crippen LogP contribution >= 0.6 is 0 Å². The molecule has 0 amide bonds. The van der Waals surface area contributed by atoms with Crippen LogP contribution in [-0.4, -0.2) is 0 Å². The molecule has 0 aliphatic heterocycles. The summed E-state index contributed by atoms with van der Waals surface area (Å²) in [7, 11) is 0. The van der Waals surface area contributed by atoms with E-state index >= 15 is 0 Å². The number of hydrogen-bond donors (Lipinski definition) is 0. The van der Waals surface area contributed by atoms with Gasteiger partial charge < -0.3 is 0 Å². The average Bonchev–Trinajstić information content (AvgIpc) is 2.73. The summed E-state index contributed by atoms with van der Waals surface area (Å²) in [6.07, 6.45) is 0. The minimum absolute atomic E-state index is 0.524. The molecule has 29 heavy (non-hydrogen) atoms. The van der Waals surface area contributed by atoms with Gasteiger partial charge in [-0.1, -0.05) is 80.6 Å². The van der Waals surface area contributed by atoms with Crippen LogP contribution in [0.25, 0.3) is 75.4 Å². The molecule has 8 rings (SSSR count). The van der Waals surface area contributed by atoms with Crippen LogP contribution in [0.2, 0.25) is 0 Å². The number of hydrogen-bond acceptors (Lipinski definition) is 0. The Balaban J connectivity index is 1.82. The van der Waals surface area contributed by atoms with Crippen molar-refractivity contribution in [3.8, 4) is 0 Å². The van der Waals surface area contributed by atoms with Crippen molar-refractivity contribution in [3.63, 3.8) is 0 Å². The van der Waals surface area contributed by atoms with Crippen molar-refractivity contribution in [2.24, 2.45) is 0 Å². The van der Waals surface area contributed by atoms with Crippen LogP contribution in [0, 0.1) is 0 Å². The molecule has 0 aromatic heterocycles. The summed E-state index contributed by atoms with van der Waals surface area (Å²) in [5, 5.41) is 20.2. The molecule has 0 aliphatic rings. The number of rotatable bonds is 1. The molecule has 8 aromatic rings. The highest BCUT2D eigenvalue weighted by Crippen LogP contribution is 2.54. The zero-order chi connectivity index (χ0) is 19.0. The molecule has 134 valence electrons. The van der Waals surface area contributed by atoms with Gasteiger partial charge in [-0.2, -0.15) is 0 Å². The Hall–Kier alpha value is -3.38. The summed E-state index contributed by atoms with van der Waals surface area (Å²) in [4.78, 5) is 0. The fourth-order valence-corrected chi connectivity index (χ4v) is 6.14. The summed E-state index contributed by atoms with van der Waals surface area (Å²) in [6.45, 7) is 4.61. The minimum atomic E-state index is 0.524. The average molecular weight is 366 g/mol. The molecule has 0 atom stereocenters. The summed E-state index contributed by atoms with van der Waals surface area (Å²) in [5.74, 6) is 0.524. The Labute approximate surface area is 167 Å². The molecule has 0 nitrogen and oxygen atoms in total. The van der Waals surface area contributed by atoms with E-state index in [-0.39, 0.29) is 0 Å². The Morgan fingerprint density at radius 1 is 0.414 bits per heavy atom. The van der Waals surface area contributed by atoms with Gasteiger partial charge in [0.1, 0.15) is 0 Å². The van der Waals surface area contributed by atoms with Crippen LogP contribution in [0.3, 0.4) is 0 Å². The van der Waals surface area contributed by atoms with Gasteiger partial charge >= 0.3 is 0 Å². The molecular weight excluding hydrogens is 348 g/mol. The van der Waals surface area contributed by atoms with Crippen molar-refractivity contribution in [1.29, 1.82) is 0 Å². The molecule has 0 aliphatic carbocycles. The van der Waals surface area contributed by atoms with Crippen molar-refractivity contribution in [2.45, 2.75) is 19.8 Å². The van der Waals surface area contributed by atoms with Crippen LogP contribution in [-0.2, 0) is 0 Å². The van der Waals surface area contributed by atoms with Crippen LogP contribution in [0.15, 0.2) is 66.7 Å². The minimum Gasteiger partial charge on any atom is -0.0610 e. The van der Waals surface area contributed by atoms with Crippen LogP contribution in [0.5, 0.6) is 0 Å². The van der Waals surface area contributed by atoms with Crippen molar-refractivity contribution >= 4 is 75.4 Å². The molecule has 0 bridgehead atoms. The first-order valence-electron chi connectivity index (χ1n) is 10.6. The predicted molar refractivity (Wildman–Crippen MR) is 128 cm³/mol. The van der Waals surface area contributed by atoms with Gasteiger partial charge in [0.05, 0.1) is 0 Å². The van der Waals surface area contributed by atoms with Crippen molar-refractivity contribution in [1.82, 2.24) is 0 Å². The smallest absolute Gasteiger partial charge is 0.00133 e. The maximum Gasteiger partial charge on any atom is -0.00133 e. The molecule has 0 heteroatoms. The zero-order valence-corrected chi connectivity index (χ0v) is 16.4. The second kappa shape index (κ2) is 4.44. The first-order chi connectivity index (χ1) is 14.2. The van der Waals surface area contributed by atoms with Gasteiger partial charge in [0.25, 0.3) is 0 Å². The largest absolute Gasteiger partial charge is 0.0610 e. The maximum absolute atomic E-state index is 2.48. The molecule has 0 N–H and O–H groups in total. The Morgan fingerprint density at radius 3 is 1.28 bits per heavy atom. The van der Waals surface area contributed by atoms with Crippen molar-refractivity contribution in [2.75, 3.05) is 0 Å². The lowest BCUT2D eigenvalue weighted by molar-refractivity contribution is 0.870. The molecule has 8 aromatic carbocycles. The summed E-state index contributed by atoms with van der Waals surface area (Å²) in [5.41, 5.74) is 1.44. The van der Waals surface area contributed by atoms with Gasteiger partial charge in [0, 0.05) is 0 Å². The van der Waals surface area contributed by atoms with Gasteiger partial charge in [-0.25, -0.2) is 0 Å². The molecular formula is C29H18. The fraction of sp³-hybridized carbons (Fsp3) is 0.103. The quantitative estimate of drug-likeness (QED) is 0.255. The highest BCUT2D eigenvalue weighted by atomic mass is 14.3. The normalized spacial score (nSPS) is 13.5. The van der Waals surface area contributed by atoms with E-state index in [2.05, 4.69) is 80.6 Å². The van der Waals surface area contributed by atoms with Crippen molar-refractivity contribution in [3.05, 3.63) is 72.3 Å². The monoisotopic (exact) mass is 366 g/mol. The second-order valence-corrected chi connectivity index (χ2v) is 9.08. The van der Waals surface area contributed by atoms with Gasteiger partial charge in [0.2, 0.25) is 0 Å². The van der Waals surface area contributed by atoms with E-state index in [0.29, 0.717) is 5.92 Å². The van der Waals surface area contributed by atoms with Crippen LogP contribution < -0.4 is 0 Å². The van der Waals surface area contributed by atoms with Gasteiger partial charge in [-0.15, -0.1) is 0 Å². The predicted octanol–water partition coefficient (Wildman–Crippen LogP) is 8.63. The Bertz CT molecular complexity index is 1860. The van der Waals surface area contributed by atoms with Crippen LogP contribution in [0.4, 0.5) is 0 Å². The molecule has 0 spiro atoms. The molecule has 0 saturated heterocycles. The van der Waals surface area contributed by atoms with Crippen LogP contribution in [0.1, 0.15) is 25.3 Å². The first-order valence-corrected chi connectivity index (χ1v) is 10.6. The summed E-state index contributed by atoms with van der Waals surface area (Å²) < 4.78 is 0. The van der Waals surface area contributed by atoms with E-state index in [1.54, 1.807) is 0 Å². The Kier molecular flexibility index (Phi) is 2.23. The SMILES string of the molecule is CC(C)c1cc2c3cccc4c3c2c(c1)c1c2cccc3c5cccc(c5c32)c41. The summed E-state index contributed by atoms with van der Waals surface area (Å²) in [6, 6.07) is 25.5. The highest BCUT2D eigenvalue weighted by molar-refractivity contribution is 6.52. The van der Waals surface area contributed by atoms with Gasteiger partial charge in [0.15, 0.2) is 0 Å². The molecule has 0 unspecified atom stereocenters. The second-order valence-electron chi connectivity index (χ2n) is 9.08. The maximum atomic E-state index is 2.48. The third kappa shape index (κ3) is 1.41. The molecule has 0 fully saturated rings. The summed E-state index contributed by atoms with van der Waals surface area (Å²) >= 11 is 0. The van der Waals surface area contributed by atoms with Gasteiger partial charge in [-0.05, 0) is 86.9 Å². The molecule has 0 radical (unpaired) electrons. The number of fused-ring (bicyclic) bond motifs is 7. The standard InChI is InChI=1S/C29H18/c1-14(2)15-12-22-18-8-5-10-20-26(18)29(22)23(13-15)28-21-11-4-7-17-16-6-3-9-19(27(20)28)24(16)25(17)21/h3-14H,1-2H3. The fourth-order valence-electron chi connectivity index (χ4n) is 6.14. The van der Waals surface area contributed by atoms with E-state index in [4.69, 9.17) is 0 Å². The van der Waals surface area contributed by atoms with E-state index < -0.39 is 0 Å². The van der Waals surface area contributed by atoms with E-state index in [0.717, 1.165) is 0 Å². The topological polar surface area (TPSA) is 0 Å². The molecule has 0 heterocycles. The zero-order valence-electron chi connectivity index (χ0n) is 16.4. The van der Waals surface area contributed by atoms with Crippen molar-refractivity contribution < 1.29 is 0 Å². The van der Waals surface area contributed by atoms with E-state index in [1.807, 2.05) is 0 Å². The lowest BCUT2D eigenvalue weighted by Gasteiger charge is -2.25. The number of benzene rings is 6. The lowest BCUT2D eigenvalue weighted by Crippen LogP contribution is -1.98. The Morgan fingerprint density at radius 2 is 0.759 bits per heavy atom. The third-order valence-corrected chi connectivity index (χ3v) is 7.43. The van der Waals surface area contributed by atoms with E-state index in [1.165, 1.54) is 81.0 Å². The molecule has 0 saturated carbocycles. The van der Waals surface area contributed by atoms with E-state index in [9.17, 15) is 0 Å². The first kappa shape index (κ1) is 14.6. The van der Waals surface area contributed by atoms with Gasteiger partial charge in [-0.3, -0.25) is 0 Å².